The summed E-state index contributed by atoms with van der Waals surface area (Å²) in [4.78, 5) is 11.7. The number of phenolic OH excluding ortho intramolecular Hbond substituents is 1. The summed E-state index contributed by atoms with van der Waals surface area (Å²) in [5.41, 5.74) is 3.19. The van der Waals surface area contributed by atoms with Crippen molar-refractivity contribution in [2.24, 2.45) is 5.10 Å². The van der Waals surface area contributed by atoms with Gasteiger partial charge >= 0.3 is 0 Å². The van der Waals surface area contributed by atoms with Crippen molar-refractivity contribution in [3.8, 4) is 5.75 Å². The lowest BCUT2D eigenvalue weighted by atomic mass is 10.2. The number of rotatable bonds is 3. The highest BCUT2D eigenvalue weighted by Gasteiger charge is 2.03. The van der Waals surface area contributed by atoms with E-state index in [0.29, 0.717) is 21.2 Å². The van der Waals surface area contributed by atoms with E-state index in [2.05, 4.69) is 10.5 Å². The number of phenols is 1. The van der Waals surface area contributed by atoms with Gasteiger partial charge in [-0.3, -0.25) is 4.79 Å². The van der Waals surface area contributed by atoms with E-state index >= 15 is 0 Å². The van der Waals surface area contributed by atoms with E-state index in [0.717, 1.165) is 0 Å². The summed E-state index contributed by atoms with van der Waals surface area (Å²) in [7, 11) is 0. The topological polar surface area (TPSA) is 61.7 Å². The van der Waals surface area contributed by atoms with Gasteiger partial charge in [-0.2, -0.15) is 5.10 Å². The van der Waals surface area contributed by atoms with E-state index in [1.165, 1.54) is 18.3 Å². The van der Waals surface area contributed by atoms with Crippen molar-refractivity contribution in [1.29, 1.82) is 0 Å². The fourth-order valence-electron chi connectivity index (χ4n) is 1.46. The number of amides is 1. The van der Waals surface area contributed by atoms with E-state index in [1.54, 1.807) is 30.3 Å². The van der Waals surface area contributed by atoms with Gasteiger partial charge in [0.15, 0.2) is 0 Å². The second kappa shape index (κ2) is 6.41. The average molecular weight is 309 g/mol. The fourth-order valence-corrected chi connectivity index (χ4v) is 1.76. The van der Waals surface area contributed by atoms with E-state index in [9.17, 15) is 9.90 Å². The summed E-state index contributed by atoms with van der Waals surface area (Å²) in [5.74, 6) is -0.349. The Morgan fingerprint density at radius 1 is 1.10 bits per heavy atom. The molecule has 20 heavy (non-hydrogen) atoms. The van der Waals surface area contributed by atoms with Gasteiger partial charge in [0.05, 0.1) is 6.21 Å². The minimum absolute atomic E-state index is 0.0268. The molecular formula is C14H10Cl2N2O2. The number of hydrogen-bond donors (Lipinski definition) is 2. The molecule has 0 saturated heterocycles. The Kier molecular flexibility index (Phi) is 4.61. The van der Waals surface area contributed by atoms with Crippen molar-refractivity contribution in [1.82, 2.24) is 5.43 Å². The number of hydrogen-bond acceptors (Lipinski definition) is 3. The largest absolute Gasteiger partial charge is 0.507 e. The molecule has 6 heteroatoms. The SMILES string of the molecule is O=C(NN=Cc1cc(Cl)ccc1O)c1ccc(Cl)cc1. The lowest BCUT2D eigenvalue weighted by Gasteiger charge is -2.01. The third kappa shape index (κ3) is 3.73. The molecule has 0 atom stereocenters. The zero-order valence-corrected chi connectivity index (χ0v) is 11.7. The van der Waals surface area contributed by atoms with Crippen LogP contribution in [0.25, 0.3) is 0 Å². The second-order valence-corrected chi connectivity index (χ2v) is 4.78. The summed E-state index contributed by atoms with van der Waals surface area (Å²) in [6.07, 6.45) is 1.31. The summed E-state index contributed by atoms with van der Waals surface area (Å²) in [6.45, 7) is 0. The monoisotopic (exact) mass is 308 g/mol. The summed E-state index contributed by atoms with van der Waals surface area (Å²) >= 11 is 11.5. The van der Waals surface area contributed by atoms with Crippen LogP contribution in [0.4, 0.5) is 0 Å². The molecule has 2 aromatic rings. The van der Waals surface area contributed by atoms with Crippen molar-refractivity contribution in [2.75, 3.05) is 0 Å². The third-order valence-electron chi connectivity index (χ3n) is 2.47. The number of carbonyl (C=O) groups is 1. The fraction of sp³-hybridized carbons (Fsp3) is 0. The van der Waals surface area contributed by atoms with Gasteiger partial charge in [0.25, 0.3) is 5.91 Å². The van der Waals surface area contributed by atoms with Gasteiger partial charge in [0.2, 0.25) is 0 Å². The molecule has 2 N–H and O–H groups in total. The van der Waals surface area contributed by atoms with E-state index in [4.69, 9.17) is 23.2 Å². The number of benzene rings is 2. The first kappa shape index (κ1) is 14.4. The first-order chi connectivity index (χ1) is 9.56. The van der Waals surface area contributed by atoms with E-state index in [1.807, 2.05) is 0 Å². The van der Waals surface area contributed by atoms with E-state index < -0.39 is 0 Å². The molecule has 0 aliphatic rings. The van der Waals surface area contributed by atoms with Crippen LogP contribution in [-0.2, 0) is 0 Å². The van der Waals surface area contributed by atoms with Gasteiger partial charge in [-0.15, -0.1) is 0 Å². The highest BCUT2D eigenvalue weighted by Crippen LogP contribution is 2.19. The maximum Gasteiger partial charge on any atom is 0.271 e. The molecule has 0 aliphatic carbocycles. The van der Waals surface area contributed by atoms with Crippen LogP contribution in [0, 0.1) is 0 Å². The Morgan fingerprint density at radius 2 is 1.75 bits per heavy atom. The second-order valence-electron chi connectivity index (χ2n) is 3.91. The predicted molar refractivity (Wildman–Crippen MR) is 79.6 cm³/mol. The molecule has 0 saturated carbocycles. The standard InChI is InChI=1S/C14H10Cl2N2O2/c15-11-3-1-9(2-4-11)14(20)18-17-8-10-7-12(16)5-6-13(10)19/h1-8,19H,(H,18,20). The first-order valence-corrected chi connectivity index (χ1v) is 6.39. The molecule has 0 unspecified atom stereocenters. The Labute approximate surface area is 125 Å². The van der Waals surface area contributed by atoms with Crippen LogP contribution in [0.2, 0.25) is 10.0 Å². The van der Waals surface area contributed by atoms with Crippen LogP contribution in [0.15, 0.2) is 47.6 Å². The summed E-state index contributed by atoms with van der Waals surface area (Å²) in [6, 6.07) is 10.9. The van der Waals surface area contributed by atoms with Crippen LogP contribution in [0.1, 0.15) is 15.9 Å². The number of aromatic hydroxyl groups is 1. The zero-order chi connectivity index (χ0) is 14.5. The minimum Gasteiger partial charge on any atom is -0.507 e. The van der Waals surface area contributed by atoms with Crippen LogP contribution in [-0.4, -0.2) is 17.2 Å². The maximum absolute atomic E-state index is 11.7. The highest BCUT2D eigenvalue weighted by atomic mass is 35.5. The summed E-state index contributed by atoms with van der Waals surface area (Å²) in [5, 5.41) is 14.4. The molecule has 0 bridgehead atoms. The molecule has 0 spiro atoms. The number of nitrogens with zero attached hydrogens (tertiary/aromatic N) is 1. The molecular weight excluding hydrogens is 299 g/mol. The van der Waals surface area contributed by atoms with Gasteiger partial charge in [-0.1, -0.05) is 23.2 Å². The molecule has 2 aromatic carbocycles. The van der Waals surface area contributed by atoms with Crippen molar-refractivity contribution < 1.29 is 9.90 Å². The third-order valence-corrected chi connectivity index (χ3v) is 2.95. The number of nitrogens with one attached hydrogen (secondary N) is 1. The smallest absolute Gasteiger partial charge is 0.271 e. The predicted octanol–water partition coefficient (Wildman–Crippen LogP) is 3.46. The molecule has 102 valence electrons. The zero-order valence-electron chi connectivity index (χ0n) is 10.2. The van der Waals surface area contributed by atoms with Gasteiger partial charge in [0, 0.05) is 21.2 Å². The highest BCUT2D eigenvalue weighted by molar-refractivity contribution is 6.31. The van der Waals surface area contributed by atoms with Crippen molar-refractivity contribution in [3.05, 3.63) is 63.6 Å². The van der Waals surface area contributed by atoms with E-state index in [-0.39, 0.29) is 11.7 Å². The molecule has 0 fully saturated rings. The van der Waals surface area contributed by atoms with Crippen LogP contribution in [0.5, 0.6) is 5.75 Å². The number of hydrazone groups is 1. The first-order valence-electron chi connectivity index (χ1n) is 5.64. The Hall–Kier alpha value is -2.04. The lowest BCUT2D eigenvalue weighted by molar-refractivity contribution is 0.0955. The van der Waals surface area contributed by atoms with Gasteiger partial charge in [0.1, 0.15) is 5.75 Å². The van der Waals surface area contributed by atoms with Gasteiger partial charge in [-0.05, 0) is 42.5 Å². The lowest BCUT2D eigenvalue weighted by Crippen LogP contribution is -2.17. The van der Waals surface area contributed by atoms with Crippen molar-refractivity contribution in [3.63, 3.8) is 0 Å². The van der Waals surface area contributed by atoms with Crippen molar-refractivity contribution >= 4 is 35.3 Å². The average Bonchev–Trinajstić information content (AvgIpc) is 2.43. The molecule has 2 rings (SSSR count). The maximum atomic E-state index is 11.7. The van der Waals surface area contributed by atoms with Crippen molar-refractivity contribution in [2.45, 2.75) is 0 Å². The molecule has 0 aliphatic heterocycles. The normalized spacial score (nSPS) is 10.7. The quantitative estimate of drug-likeness (QED) is 0.674. The number of carbonyl (C=O) groups excluding carboxylic acids is 1. The summed E-state index contributed by atoms with van der Waals surface area (Å²) < 4.78 is 0. The molecule has 1 amide bonds. The Morgan fingerprint density at radius 3 is 2.45 bits per heavy atom. The Balaban J connectivity index is 2.04. The minimum atomic E-state index is -0.376. The van der Waals surface area contributed by atoms with Crippen LogP contribution >= 0.6 is 23.2 Å². The number of halogens is 2. The molecule has 0 heterocycles. The molecule has 4 nitrogen and oxygen atoms in total. The van der Waals surface area contributed by atoms with Gasteiger partial charge < -0.3 is 5.11 Å². The van der Waals surface area contributed by atoms with Crippen LogP contribution < -0.4 is 5.43 Å². The van der Waals surface area contributed by atoms with Gasteiger partial charge in [-0.25, -0.2) is 5.43 Å². The van der Waals surface area contributed by atoms with Crippen LogP contribution in [0.3, 0.4) is 0 Å². The molecule has 0 aromatic heterocycles. The molecule has 0 radical (unpaired) electrons. The Bertz CT molecular complexity index is 655.